The van der Waals surface area contributed by atoms with Crippen LogP contribution < -0.4 is 19.1 Å². The number of sulfonamides is 1. The highest BCUT2D eigenvalue weighted by Crippen LogP contribution is 2.33. The minimum absolute atomic E-state index is 0.0189. The molecule has 1 fully saturated rings. The minimum Gasteiger partial charge on any atom is -0.497 e. The zero-order chi connectivity index (χ0) is 31.0. The Morgan fingerprint density at radius 1 is 0.930 bits per heavy atom. The largest absolute Gasteiger partial charge is 0.497 e. The van der Waals surface area contributed by atoms with Crippen LogP contribution in [0.4, 0.5) is 5.69 Å². The van der Waals surface area contributed by atoms with Crippen molar-refractivity contribution in [2.24, 2.45) is 0 Å². The Hall–Kier alpha value is -3.57. The molecule has 2 amide bonds. The number of hydrogen-bond acceptors (Lipinski definition) is 6. The molecular formula is C32H38BrN3O6S. The van der Waals surface area contributed by atoms with Gasteiger partial charge >= 0.3 is 0 Å². The molecule has 1 aliphatic rings. The lowest BCUT2D eigenvalue weighted by molar-refractivity contribution is -0.139. The maximum absolute atomic E-state index is 14.2. The first-order valence-electron chi connectivity index (χ1n) is 14.3. The summed E-state index contributed by atoms with van der Waals surface area (Å²) in [6.45, 7) is 1.25. The number of hydrogen-bond donors (Lipinski definition) is 1. The smallest absolute Gasteiger partial charge is 0.264 e. The van der Waals surface area contributed by atoms with Crippen molar-refractivity contribution in [3.8, 4) is 11.5 Å². The van der Waals surface area contributed by atoms with E-state index < -0.39 is 28.5 Å². The second-order valence-electron chi connectivity index (χ2n) is 10.5. The third-order valence-corrected chi connectivity index (χ3v) is 9.97. The van der Waals surface area contributed by atoms with Crippen LogP contribution >= 0.6 is 15.9 Å². The Bertz CT molecular complexity index is 1490. The molecule has 43 heavy (non-hydrogen) atoms. The standard InChI is InChI=1S/C32H38BrN3O6S/c1-23(32(38)34-26-9-5-4-6-10-26)35(21-24-13-15-25(33)16-14-24)31(37)22-36(29-11-7-8-12-30(29)42-3)43(39,40)28-19-17-27(41-2)18-20-28/h7-8,11-20,23,26H,4-6,9-10,21-22H2,1-3H3,(H,34,38). The van der Waals surface area contributed by atoms with Gasteiger partial charge in [0.25, 0.3) is 10.0 Å². The Balaban J connectivity index is 1.70. The molecule has 3 aromatic rings. The molecule has 1 aliphatic carbocycles. The number of halogens is 1. The summed E-state index contributed by atoms with van der Waals surface area (Å²) in [4.78, 5) is 29.1. The van der Waals surface area contributed by atoms with Gasteiger partial charge in [0.2, 0.25) is 11.8 Å². The van der Waals surface area contributed by atoms with Gasteiger partial charge in [-0.15, -0.1) is 0 Å². The molecule has 1 saturated carbocycles. The van der Waals surface area contributed by atoms with Gasteiger partial charge in [-0.3, -0.25) is 13.9 Å². The molecule has 1 N–H and O–H groups in total. The van der Waals surface area contributed by atoms with Gasteiger partial charge < -0.3 is 19.7 Å². The van der Waals surface area contributed by atoms with Gasteiger partial charge in [-0.1, -0.05) is 59.5 Å². The van der Waals surface area contributed by atoms with E-state index in [1.165, 1.54) is 31.3 Å². The highest BCUT2D eigenvalue weighted by atomic mass is 79.9. The lowest BCUT2D eigenvalue weighted by Gasteiger charge is -2.33. The second-order valence-corrected chi connectivity index (χ2v) is 13.3. The molecule has 0 spiro atoms. The van der Waals surface area contributed by atoms with Gasteiger partial charge in [-0.25, -0.2) is 8.42 Å². The first kappa shape index (κ1) is 32.3. The molecule has 1 atom stereocenters. The fraction of sp³-hybridized carbons (Fsp3) is 0.375. The number of benzene rings is 3. The van der Waals surface area contributed by atoms with Crippen LogP contribution in [-0.4, -0.2) is 58.0 Å². The van der Waals surface area contributed by atoms with E-state index in [2.05, 4.69) is 21.2 Å². The molecule has 0 radical (unpaired) electrons. The Morgan fingerprint density at radius 3 is 2.21 bits per heavy atom. The molecule has 0 bridgehead atoms. The second kappa shape index (κ2) is 14.7. The molecule has 1 unspecified atom stereocenters. The zero-order valence-corrected chi connectivity index (χ0v) is 27.1. The van der Waals surface area contributed by atoms with Crippen LogP contribution in [0, 0.1) is 0 Å². The van der Waals surface area contributed by atoms with Crippen molar-refractivity contribution in [1.29, 1.82) is 0 Å². The van der Waals surface area contributed by atoms with Crippen LogP contribution in [0.5, 0.6) is 11.5 Å². The highest BCUT2D eigenvalue weighted by Gasteiger charge is 2.34. The lowest BCUT2D eigenvalue weighted by Crippen LogP contribution is -2.53. The molecule has 230 valence electrons. The molecule has 0 aliphatic heterocycles. The van der Waals surface area contributed by atoms with E-state index in [0.717, 1.165) is 46.4 Å². The third-order valence-electron chi connectivity index (χ3n) is 7.67. The number of carbonyl (C=O) groups is 2. The van der Waals surface area contributed by atoms with E-state index in [1.807, 2.05) is 24.3 Å². The molecule has 0 saturated heterocycles. The number of anilines is 1. The monoisotopic (exact) mass is 671 g/mol. The number of para-hydroxylation sites is 2. The molecule has 9 nitrogen and oxygen atoms in total. The predicted octanol–water partition coefficient (Wildman–Crippen LogP) is 5.53. The van der Waals surface area contributed by atoms with Gasteiger partial charge in [0.1, 0.15) is 24.1 Å². The Morgan fingerprint density at radius 2 is 1.58 bits per heavy atom. The van der Waals surface area contributed by atoms with E-state index in [9.17, 15) is 18.0 Å². The molecular weight excluding hydrogens is 634 g/mol. The van der Waals surface area contributed by atoms with Crippen molar-refractivity contribution in [1.82, 2.24) is 10.2 Å². The third kappa shape index (κ3) is 8.08. The summed E-state index contributed by atoms with van der Waals surface area (Å²) in [6.07, 6.45) is 5.06. The van der Waals surface area contributed by atoms with Gasteiger partial charge in [0.15, 0.2) is 0 Å². The molecule has 4 rings (SSSR count). The van der Waals surface area contributed by atoms with Gasteiger partial charge in [-0.2, -0.15) is 0 Å². The first-order valence-corrected chi connectivity index (χ1v) is 16.5. The van der Waals surface area contributed by atoms with Crippen LogP contribution in [0.1, 0.15) is 44.6 Å². The van der Waals surface area contributed by atoms with Gasteiger partial charge in [0, 0.05) is 17.1 Å². The summed E-state index contributed by atoms with van der Waals surface area (Å²) in [7, 11) is -1.31. The van der Waals surface area contributed by atoms with E-state index in [1.54, 1.807) is 43.3 Å². The van der Waals surface area contributed by atoms with Gasteiger partial charge in [-0.05, 0) is 73.9 Å². The Labute approximate surface area is 262 Å². The average molecular weight is 673 g/mol. The predicted molar refractivity (Wildman–Crippen MR) is 170 cm³/mol. The zero-order valence-electron chi connectivity index (χ0n) is 24.7. The number of methoxy groups -OCH3 is 2. The number of rotatable bonds is 12. The summed E-state index contributed by atoms with van der Waals surface area (Å²) in [5, 5.41) is 3.11. The number of nitrogens with one attached hydrogen (secondary N) is 1. The van der Waals surface area contributed by atoms with Crippen molar-refractivity contribution >= 4 is 43.5 Å². The van der Waals surface area contributed by atoms with Crippen molar-refractivity contribution < 1.29 is 27.5 Å². The summed E-state index contributed by atoms with van der Waals surface area (Å²) < 4.78 is 40.8. The van der Waals surface area contributed by atoms with Crippen LogP contribution in [0.25, 0.3) is 0 Å². The maximum Gasteiger partial charge on any atom is 0.264 e. The Kier molecular flexibility index (Phi) is 11.1. The number of amides is 2. The topological polar surface area (TPSA) is 105 Å². The number of ether oxygens (including phenoxy) is 2. The quantitative estimate of drug-likeness (QED) is 0.272. The van der Waals surface area contributed by atoms with Crippen LogP contribution in [0.2, 0.25) is 0 Å². The van der Waals surface area contributed by atoms with E-state index in [0.29, 0.717) is 5.75 Å². The minimum atomic E-state index is -4.24. The SMILES string of the molecule is COc1ccc(S(=O)(=O)N(CC(=O)N(Cc2ccc(Br)cc2)C(C)C(=O)NC2CCCCC2)c2ccccc2OC)cc1. The van der Waals surface area contributed by atoms with Crippen molar-refractivity contribution in [3.05, 3.63) is 82.8 Å². The van der Waals surface area contributed by atoms with Crippen molar-refractivity contribution in [2.45, 2.75) is 62.6 Å². The fourth-order valence-corrected chi connectivity index (χ4v) is 6.85. The van der Waals surface area contributed by atoms with E-state index >= 15 is 0 Å². The van der Waals surface area contributed by atoms with Crippen LogP contribution in [0.15, 0.2) is 82.2 Å². The summed E-state index contributed by atoms with van der Waals surface area (Å²) in [5.41, 5.74) is 1.01. The maximum atomic E-state index is 14.2. The first-order chi connectivity index (χ1) is 20.6. The van der Waals surface area contributed by atoms with Gasteiger partial charge in [0.05, 0.1) is 24.8 Å². The van der Waals surface area contributed by atoms with Crippen LogP contribution in [0.3, 0.4) is 0 Å². The van der Waals surface area contributed by atoms with E-state index in [-0.39, 0.29) is 34.8 Å². The molecule has 0 aromatic heterocycles. The molecule has 3 aromatic carbocycles. The van der Waals surface area contributed by atoms with Crippen LogP contribution in [-0.2, 0) is 26.2 Å². The number of carbonyl (C=O) groups excluding carboxylic acids is 2. The molecule has 11 heteroatoms. The molecule has 0 heterocycles. The summed E-state index contributed by atoms with van der Waals surface area (Å²) in [6, 6.07) is 19.3. The number of nitrogens with zero attached hydrogens (tertiary/aromatic N) is 2. The lowest BCUT2D eigenvalue weighted by atomic mass is 9.95. The van der Waals surface area contributed by atoms with E-state index in [4.69, 9.17) is 9.47 Å². The normalized spacial score (nSPS) is 14.4. The average Bonchev–Trinajstić information content (AvgIpc) is 3.03. The van der Waals surface area contributed by atoms with Crippen molar-refractivity contribution in [3.63, 3.8) is 0 Å². The highest BCUT2D eigenvalue weighted by molar-refractivity contribution is 9.10. The summed E-state index contributed by atoms with van der Waals surface area (Å²) in [5.74, 6) is -0.0105. The fourth-order valence-electron chi connectivity index (χ4n) is 5.16. The summed E-state index contributed by atoms with van der Waals surface area (Å²) >= 11 is 3.44. The van der Waals surface area contributed by atoms with Crippen molar-refractivity contribution in [2.75, 3.05) is 25.1 Å².